The van der Waals surface area contributed by atoms with Gasteiger partial charge in [-0.25, -0.2) is 36.6 Å². The van der Waals surface area contributed by atoms with Crippen LogP contribution >= 0.6 is 0 Å². The van der Waals surface area contributed by atoms with E-state index in [2.05, 4.69) is 15.1 Å². The van der Waals surface area contributed by atoms with Crippen LogP contribution in [0.3, 0.4) is 0 Å². The van der Waals surface area contributed by atoms with E-state index in [0.717, 1.165) is 18.6 Å². The molecule has 2 aromatic carbocycles. The lowest BCUT2D eigenvalue weighted by Gasteiger charge is -2.56. The second-order valence-corrected chi connectivity index (χ2v) is 16.1. The predicted octanol–water partition coefficient (Wildman–Crippen LogP) is 4.78. The number of carbonyl (C=O) groups is 1. The molecule has 0 radical (unpaired) electrons. The molecule has 4 aliphatic heterocycles. The van der Waals surface area contributed by atoms with Crippen LogP contribution < -0.4 is 14.5 Å². The van der Waals surface area contributed by atoms with Crippen LogP contribution in [0.25, 0.3) is 39.0 Å². The molecule has 1 amide bonds. The van der Waals surface area contributed by atoms with Crippen molar-refractivity contribution in [3.63, 3.8) is 0 Å². The second kappa shape index (κ2) is 15.2. The first-order valence-electron chi connectivity index (χ1n) is 20.2. The summed E-state index contributed by atoms with van der Waals surface area (Å²) in [6.45, 7) is 5.06. The number of aryl methyl sites for hydroxylation is 1. The van der Waals surface area contributed by atoms with Gasteiger partial charge in [0, 0.05) is 75.7 Å². The highest BCUT2D eigenvalue weighted by Crippen LogP contribution is 2.40. The number of likely N-dealkylation sites (tertiary alicyclic amines) is 1. The highest BCUT2D eigenvalue weighted by molar-refractivity contribution is 5.94. The smallest absolute Gasteiger partial charge is 0.317 e. The summed E-state index contributed by atoms with van der Waals surface area (Å²) in [5.74, 6) is -1.17. The Morgan fingerprint density at radius 2 is 1.75 bits per heavy atom. The Kier molecular flexibility index (Phi) is 9.72. The lowest BCUT2D eigenvalue weighted by Crippen LogP contribution is -2.69. The molecule has 0 saturated carbocycles. The molecule has 8 heterocycles. The highest BCUT2D eigenvalue weighted by Gasteiger charge is 2.48. The van der Waals surface area contributed by atoms with Crippen LogP contribution in [0.4, 0.5) is 33.7 Å². The molecule has 6 aromatic rings. The molecule has 3 fully saturated rings. The van der Waals surface area contributed by atoms with Crippen molar-refractivity contribution >= 4 is 39.7 Å². The molecular formula is C41H41F5N12O3. The van der Waals surface area contributed by atoms with Crippen molar-refractivity contribution in [2.45, 2.75) is 70.0 Å². The van der Waals surface area contributed by atoms with Gasteiger partial charge in [-0.05, 0) is 44.5 Å². The fourth-order valence-corrected chi connectivity index (χ4v) is 9.48. The molecule has 4 aliphatic rings. The number of piperazine rings is 1. The molecule has 3 saturated heterocycles. The third-order valence-corrected chi connectivity index (χ3v) is 12.1. The Morgan fingerprint density at radius 3 is 2.52 bits per heavy atom. The highest BCUT2D eigenvalue weighted by atomic mass is 19.3. The summed E-state index contributed by atoms with van der Waals surface area (Å²) in [6.07, 6.45) is 0.297. The minimum atomic E-state index is -2.48. The maximum Gasteiger partial charge on any atom is 0.317 e. The van der Waals surface area contributed by atoms with E-state index in [1.54, 1.807) is 22.9 Å². The molecule has 0 spiro atoms. The Hall–Kier alpha value is -6.02. The van der Waals surface area contributed by atoms with Crippen molar-refractivity contribution in [3.05, 3.63) is 72.1 Å². The SMILES string of the molecule is CCO[C@H]1CN(C)C(=O)[C@@H]2C[C@@H](CN2c2nc(N3C4CC3CN(CC(F)F)C4)nc3c2cnn3-c2ccc(F)cc2F)Oc2nccc(n2)-c2cc(F)cc3nc(C)n(c23)C1. The summed E-state index contributed by atoms with van der Waals surface area (Å²) >= 11 is 0. The Bertz CT molecular complexity index is 2670. The van der Waals surface area contributed by atoms with Crippen LogP contribution in [0.2, 0.25) is 0 Å². The number of aromatic nitrogens is 8. The van der Waals surface area contributed by atoms with Crippen molar-refractivity contribution in [3.8, 4) is 23.0 Å². The quantitative estimate of drug-likeness (QED) is 0.205. The van der Waals surface area contributed by atoms with Gasteiger partial charge in [0.15, 0.2) is 11.5 Å². The normalized spacial score (nSPS) is 23.1. The maximum absolute atomic E-state index is 15.4. The van der Waals surface area contributed by atoms with Gasteiger partial charge in [0.2, 0.25) is 11.9 Å². The van der Waals surface area contributed by atoms with Gasteiger partial charge >= 0.3 is 6.01 Å². The lowest BCUT2D eigenvalue weighted by atomic mass is 9.88. The third-order valence-electron chi connectivity index (χ3n) is 12.1. The number of benzene rings is 2. The summed E-state index contributed by atoms with van der Waals surface area (Å²) in [4.78, 5) is 45.8. The van der Waals surface area contributed by atoms with Gasteiger partial charge < -0.3 is 28.7 Å². The number of fused-ring (bicyclic) bond motifs is 8. The van der Waals surface area contributed by atoms with Crippen LogP contribution in [0.1, 0.15) is 25.6 Å². The number of hydrogen-bond acceptors (Lipinski definition) is 12. The zero-order valence-electron chi connectivity index (χ0n) is 33.4. The van der Waals surface area contributed by atoms with E-state index in [9.17, 15) is 18.0 Å². The fraction of sp³-hybridized carbons (Fsp3) is 0.439. The van der Waals surface area contributed by atoms with Gasteiger partial charge in [0.1, 0.15) is 41.1 Å². The predicted molar refractivity (Wildman–Crippen MR) is 212 cm³/mol. The molecule has 20 heteroatoms. The van der Waals surface area contributed by atoms with Crippen molar-refractivity contribution in [1.29, 1.82) is 0 Å². The van der Waals surface area contributed by atoms with Crippen molar-refractivity contribution in [1.82, 2.24) is 49.1 Å². The van der Waals surface area contributed by atoms with E-state index in [-0.39, 0.29) is 67.3 Å². The summed E-state index contributed by atoms with van der Waals surface area (Å²) in [7, 11) is 1.70. The maximum atomic E-state index is 15.4. The van der Waals surface area contributed by atoms with Gasteiger partial charge in [-0.15, -0.1) is 0 Å². The van der Waals surface area contributed by atoms with Crippen molar-refractivity contribution < 1.29 is 36.2 Å². The third kappa shape index (κ3) is 6.94. The fourth-order valence-electron chi connectivity index (χ4n) is 9.48. The van der Waals surface area contributed by atoms with E-state index in [0.29, 0.717) is 65.6 Å². The average Bonchev–Trinajstić information content (AvgIpc) is 3.91. The number of likely N-dealkylation sites (N-methyl/N-ethyl adjacent to an activating group) is 1. The molecule has 0 aliphatic carbocycles. The van der Waals surface area contributed by atoms with Crippen LogP contribution in [0.15, 0.2) is 48.8 Å². The van der Waals surface area contributed by atoms with Gasteiger partial charge in [-0.2, -0.15) is 20.1 Å². The molecule has 318 valence electrons. The van der Waals surface area contributed by atoms with Crippen LogP contribution in [-0.4, -0.2) is 138 Å². The molecule has 10 rings (SSSR count). The number of piperidine rings is 1. The van der Waals surface area contributed by atoms with Crippen LogP contribution in [0.5, 0.6) is 6.01 Å². The first-order chi connectivity index (χ1) is 29.4. The molecule has 61 heavy (non-hydrogen) atoms. The minimum Gasteiger partial charge on any atom is -0.458 e. The van der Waals surface area contributed by atoms with Gasteiger partial charge in [0.05, 0.1) is 54.0 Å². The van der Waals surface area contributed by atoms with Crippen molar-refractivity contribution in [2.24, 2.45) is 0 Å². The summed E-state index contributed by atoms with van der Waals surface area (Å²) in [5.41, 5.74) is 2.14. The van der Waals surface area contributed by atoms with Crippen LogP contribution in [-0.2, 0) is 16.1 Å². The summed E-state index contributed by atoms with van der Waals surface area (Å²) in [6, 6.07) is 6.42. The molecule has 15 nitrogen and oxygen atoms in total. The molecule has 5 atom stereocenters. The van der Waals surface area contributed by atoms with Gasteiger partial charge in [0.25, 0.3) is 6.43 Å². The lowest BCUT2D eigenvalue weighted by molar-refractivity contribution is -0.133. The first-order valence-corrected chi connectivity index (χ1v) is 20.2. The average molecular weight is 845 g/mol. The number of carbonyl (C=O) groups excluding carboxylic acids is 1. The molecule has 6 bridgehead atoms. The zero-order chi connectivity index (χ0) is 42.3. The zero-order valence-corrected chi connectivity index (χ0v) is 33.4. The number of amides is 1. The topological polar surface area (TPSA) is 136 Å². The number of anilines is 2. The van der Waals surface area contributed by atoms with E-state index in [1.807, 2.05) is 28.2 Å². The molecular weight excluding hydrogens is 804 g/mol. The number of nitrogens with zero attached hydrogens (tertiary/aromatic N) is 12. The Morgan fingerprint density at radius 1 is 0.934 bits per heavy atom. The largest absolute Gasteiger partial charge is 0.458 e. The van der Waals surface area contributed by atoms with Crippen LogP contribution in [0, 0.1) is 24.4 Å². The number of hydrogen-bond donors (Lipinski definition) is 0. The van der Waals surface area contributed by atoms with E-state index < -0.39 is 42.1 Å². The Labute approximate surface area is 345 Å². The van der Waals surface area contributed by atoms with Crippen molar-refractivity contribution in [2.75, 3.05) is 56.2 Å². The summed E-state index contributed by atoms with van der Waals surface area (Å²) < 4.78 is 87.4. The molecule has 4 aromatic heterocycles. The van der Waals surface area contributed by atoms with Gasteiger partial charge in [-0.3, -0.25) is 9.69 Å². The van der Waals surface area contributed by atoms with E-state index in [4.69, 9.17) is 24.4 Å². The standard InChI is InChI=1S/C41H41F5N12O3/c1-4-60-27-17-53(3)39(59)34-13-26(61-41-47-8-7-31(50-41)28-9-23(43)11-32-36(28)55(19-27)21(2)49-32)18-56(34)37-29-14-48-58(33-6-5-22(42)10-30(33)44)38(29)52-40(51-37)57-24-12-25(57)16-54(15-24)20-35(45)46/h5-11,14,24-27,34-35H,4,12-13,15-20H2,1-3H3/t24?,25?,26-,27-,34-/m0/s1. The molecule has 0 N–H and O–H groups in total. The number of ether oxygens (including phenoxy) is 2. The number of alkyl halides is 2. The molecule has 2 unspecified atom stereocenters. The summed E-state index contributed by atoms with van der Waals surface area (Å²) in [5, 5.41) is 4.88. The number of rotatable bonds is 7. The number of halogens is 5. The monoisotopic (exact) mass is 844 g/mol. The van der Waals surface area contributed by atoms with E-state index >= 15 is 8.78 Å². The number of imidazole rings is 1. The minimum absolute atomic E-state index is 0.0149. The second-order valence-electron chi connectivity index (χ2n) is 16.1. The first kappa shape index (κ1) is 39.1. The Balaban J connectivity index is 1.09. The van der Waals surface area contributed by atoms with Gasteiger partial charge in [-0.1, -0.05) is 0 Å². The van der Waals surface area contributed by atoms with E-state index in [1.165, 1.54) is 35.3 Å².